The van der Waals surface area contributed by atoms with E-state index in [1.807, 2.05) is 48.6 Å². The predicted molar refractivity (Wildman–Crippen MR) is 68.8 cm³/mol. The third-order valence-electron chi connectivity index (χ3n) is 2.40. The number of carbonyl (C=O) groups is 1. The number of benzene rings is 2. The van der Waals surface area contributed by atoms with Gasteiger partial charge in [-0.1, -0.05) is 54.6 Å². The number of carboxylic acids is 1. The summed E-state index contributed by atoms with van der Waals surface area (Å²) in [4.78, 5) is 10.8. The lowest BCUT2D eigenvalue weighted by Gasteiger charge is -1.97. The molecular formula is C15H12O2. The van der Waals surface area contributed by atoms with Gasteiger partial charge in [-0.2, -0.15) is 0 Å². The van der Waals surface area contributed by atoms with E-state index in [9.17, 15) is 4.79 Å². The summed E-state index contributed by atoms with van der Waals surface area (Å²) in [7, 11) is 0. The van der Waals surface area contributed by atoms with Gasteiger partial charge < -0.3 is 5.11 Å². The van der Waals surface area contributed by atoms with Crippen molar-refractivity contribution >= 4 is 18.1 Å². The molecule has 2 rings (SSSR count). The summed E-state index contributed by atoms with van der Waals surface area (Å²) < 4.78 is 0. The van der Waals surface area contributed by atoms with E-state index < -0.39 is 5.97 Å². The number of carboxylic acid groups (broad SMARTS) is 1. The third-order valence-corrected chi connectivity index (χ3v) is 2.40. The van der Waals surface area contributed by atoms with Gasteiger partial charge in [-0.3, -0.25) is 0 Å². The van der Waals surface area contributed by atoms with Crippen molar-refractivity contribution in [1.29, 1.82) is 0 Å². The number of hydrogen-bond acceptors (Lipinski definition) is 1. The molecule has 84 valence electrons. The largest absolute Gasteiger partial charge is 0.478 e. The molecule has 0 heterocycles. The first kappa shape index (κ1) is 11.1. The maximum atomic E-state index is 10.8. The second kappa shape index (κ2) is 5.12. The normalized spacial score (nSPS) is 10.6. The van der Waals surface area contributed by atoms with E-state index >= 15 is 0 Å². The van der Waals surface area contributed by atoms with Gasteiger partial charge in [-0.15, -0.1) is 0 Å². The first-order chi connectivity index (χ1) is 8.25. The molecule has 0 aliphatic carbocycles. The van der Waals surface area contributed by atoms with Crippen LogP contribution in [0.3, 0.4) is 0 Å². The summed E-state index contributed by atoms with van der Waals surface area (Å²) >= 11 is 0. The predicted octanol–water partition coefficient (Wildman–Crippen LogP) is 3.56. The molecular weight excluding hydrogens is 212 g/mol. The Morgan fingerprint density at radius 1 is 0.882 bits per heavy atom. The highest BCUT2D eigenvalue weighted by atomic mass is 16.4. The standard InChI is InChI=1S/C15H12O2/c16-15(17)14-8-4-7-13(11-14)10-9-12-5-2-1-3-6-12/h1-11H,(H,16,17)/b10-9+. The summed E-state index contributed by atoms with van der Waals surface area (Å²) in [5.41, 5.74) is 2.28. The average Bonchev–Trinajstić information content (AvgIpc) is 2.38. The van der Waals surface area contributed by atoms with Crippen LogP contribution in [0.1, 0.15) is 21.5 Å². The van der Waals surface area contributed by atoms with Gasteiger partial charge in [0.1, 0.15) is 0 Å². The third kappa shape index (κ3) is 3.05. The zero-order valence-corrected chi connectivity index (χ0v) is 9.21. The Labute approximate surface area is 99.8 Å². The van der Waals surface area contributed by atoms with Gasteiger partial charge in [0.25, 0.3) is 0 Å². The molecule has 17 heavy (non-hydrogen) atoms. The molecule has 0 aliphatic rings. The van der Waals surface area contributed by atoms with Crippen molar-refractivity contribution in [2.45, 2.75) is 0 Å². The second-order valence-corrected chi connectivity index (χ2v) is 3.67. The minimum Gasteiger partial charge on any atom is -0.478 e. The Kier molecular flexibility index (Phi) is 3.36. The van der Waals surface area contributed by atoms with Gasteiger partial charge in [0, 0.05) is 0 Å². The van der Waals surface area contributed by atoms with Crippen LogP contribution in [0.25, 0.3) is 12.2 Å². The van der Waals surface area contributed by atoms with Crippen LogP contribution < -0.4 is 0 Å². The number of aromatic carboxylic acids is 1. The van der Waals surface area contributed by atoms with Gasteiger partial charge in [0.2, 0.25) is 0 Å². The summed E-state index contributed by atoms with van der Waals surface area (Å²) in [5.74, 6) is -0.903. The Balaban J connectivity index is 2.22. The van der Waals surface area contributed by atoms with E-state index in [0.29, 0.717) is 5.56 Å². The van der Waals surface area contributed by atoms with Crippen molar-refractivity contribution in [1.82, 2.24) is 0 Å². The highest BCUT2D eigenvalue weighted by molar-refractivity contribution is 5.88. The summed E-state index contributed by atoms with van der Waals surface area (Å²) in [6.45, 7) is 0. The Morgan fingerprint density at radius 3 is 2.24 bits per heavy atom. The molecule has 1 N–H and O–H groups in total. The summed E-state index contributed by atoms with van der Waals surface area (Å²) in [5, 5.41) is 8.87. The Hall–Kier alpha value is -2.35. The van der Waals surface area contributed by atoms with Gasteiger partial charge in [0.05, 0.1) is 5.56 Å². The lowest BCUT2D eigenvalue weighted by atomic mass is 10.1. The molecule has 0 spiro atoms. The molecule has 0 atom stereocenters. The maximum absolute atomic E-state index is 10.8. The number of rotatable bonds is 3. The van der Waals surface area contributed by atoms with E-state index in [0.717, 1.165) is 11.1 Å². The molecule has 0 radical (unpaired) electrons. The van der Waals surface area contributed by atoms with Gasteiger partial charge in [0.15, 0.2) is 0 Å². The monoisotopic (exact) mass is 224 g/mol. The molecule has 0 aromatic heterocycles. The van der Waals surface area contributed by atoms with Crippen molar-refractivity contribution < 1.29 is 9.90 Å². The van der Waals surface area contributed by atoms with Crippen molar-refractivity contribution in [2.24, 2.45) is 0 Å². The van der Waals surface area contributed by atoms with Gasteiger partial charge in [-0.25, -0.2) is 4.79 Å². The Bertz CT molecular complexity index is 542. The lowest BCUT2D eigenvalue weighted by molar-refractivity contribution is 0.0697. The molecule has 0 saturated carbocycles. The highest BCUT2D eigenvalue weighted by Gasteiger charge is 2.00. The average molecular weight is 224 g/mol. The highest BCUT2D eigenvalue weighted by Crippen LogP contribution is 2.10. The van der Waals surface area contributed by atoms with E-state index in [4.69, 9.17) is 5.11 Å². The molecule has 2 heteroatoms. The molecule has 2 aromatic rings. The smallest absolute Gasteiger partial charge is 0.335 e. The van der Waals surface area contributed by atoms with E-state index in [2.05, 4.69) is 0 Å². The van der Waals surface area contributed by atoms with Crippen LogP contribution in [0, 0.1) is 0 Å². The zero-order valence-electron chi connectivity index (χ0n) is 9.21. The lowest BCUT2D eigenvalue weighted by Crippen LogP contribution is -1.95. The fourth-order valence-corrected chi connectivity index (χ4v) is 1.53. The van der Waals surface area contributed by atoms with Crippen LogP contribution >= 0.6 is 0 Å². The van der Waals surface area contributed by atoms with Crippen LogP contribution in [0.15, 0.2) is 54.6 Å². The fourth-order valence-electron chi connectivity index (χ4n) is 1.53. The molecule has 0 aliphatic heterocycles. The quantitative estimate of drug-likeness (QED) is 0.809. The van der Waals surface area contributed by atoms with Crippen LogP contribution in [0.4, 0.5) is 0 Å². The minimum absolute atomic E-state index is 0.306. The molecule has 2 nitrogen and oxygen atoms in total. The minimum atomic E-state index is -0.903. The van der Waals surface area contributed by atoms with Crippen LogP contribution in [-0.2, 0) is 0 Å². The van der Waals surface area contributed by atoms with Crippen molar-refractivity contribution in [3.63, 3.8) is 0 Å². The summed E-state index contributed by atoms with van der Waals surface area (Å²) in [6, 6.07) is 16.8. The molecule has 0 saturated heterocycles. The summed E-state index contributed by atoms with van der Waals surface area (Å²) in [6.07, 6.45) is 3.86. The fraction of sp³-hybridized carbons (Fsp3) is 0. The molecule has 2 aromatic carbocycles. The van der Waals surface area contributed by atoms with Crippen LogP contribution in [0.2, 0.25) is 0 Å². The topological polar surface area (TPSA) is 37.3 Å². The van der Waals surface area contributed by atoms with Crippen LogP contribution in [-0.4, -0.2) is 11.1 Å². The first-order valence-corrected chi connectivity index (χ1v) is 5.32. The van der Waals surface area contributed by atoms with Gasteiger partial charge in [-0.05, 0) is 23.3 Å². The van der Waals surface area contributed by atoms with E-state index in [-0.39, 0.29) is 0 Å². The molecule has 0 bridgehead atoms. The molecule has 0 fully saturated rings. The molecule has 0 unspecified atom stereocenters. The maximum Gasteiger partial charge on any atom is 0.335 e. The first-order valence-electron chi connectivity index (χ1n) is 5.32. The molecule has 0 amide bonds. The van der Waals surface area contributed by atoms with E-state index in [1.165, 1.54) is 0 Å². The van der Waals surface area contributed by atoms with Crippen molar-refractivity contribution in [3.8, 4) is 0 Å². The number of hydrogen-bond donors (Lipinski definition) is 1. The van der Waals surface area contributed by atoms with Gasteiger partial charge >= 0.3 is 5.97 Å². The van der Waals surface area contributed by atoms with Crippen molar-refractivity contribution in [3.05, 3.63) is 71.3 Å². The van der Waals surface area contributed by atoms with Crippen LogP contribution in [0.5, 0.6) is 0 Å². The van der Waals surface area contributed by atoms with Crippen molar-refractivity contribution in [2.75, 3.05) is 0 Å². The zero-order chi connectivity index (χ0) is 12.1. The SMILES string of the molecule is O=C(O)c1cccc(/C=C/c2ccccc2)c1. The Morgan fingerprint density at radius 2 is 1.53 bits per heavy atom. The second-order valence-electron chi connectivity index (χ2n) is 3.67. The van der Waals surface area contributed by atoms with E-state index in [1.54, 1.807) is 18.2 Å².